The van der Waals surface area contributed by atoms with Crippen molar-refractivity contribution in [2.75, 3.05) is 6.61 Å². The molecule has 1 atom stereocenters. The Morgan fingerprint density at radius 1 is 1.60 bits per heavy atom. The first-order chi connectivity index (χ1) is 6.96. The van der Waals surface area contributed by atoms with Crippen LogP contribution in [-0.4, -0.2) is 21.8 Å². The zero-order valence-electron chi connectivity index (χ0n) is 10.0. The van der Waals surface area contributed by atoms with E-state index in [2.05, 4.69) is 23.4 Å². The zero-order valence-corrected chi connectivity index (χ0v) is 10.0. The minimum Gasteiger partial charge on any atom is -0.374 e. The largest absolute Gasteiger partial charge is 0.374 e. The molecule has 86 valence electrons. The van der Waals surface area contributed by atoms with Gasteiger partial charge >= 0.3 is 0 Å². The molecule has 0 aromatic carbocycles. The fourth-order valence-corrected chi connectivity index (χ4v) is 1.69. The van der Waals surface area contributed by atoms with Crippen molar-refractivity contribution in [1.29, 1.82) is 0 Å². The molecule has 4 nitrogen and oxygen atoms in total. The lowest BCUT2D eigenvalue weighted by atomic mass is 10.1. The average Bonchev–Trinajstić information content (AvgIpc) is 2.50. The quantitative estimate of drug-likeness (QED) is 0.806. The minimum atomic E-state index is -0.181. The number of hydrogen-bond acceptors (Lipinski definition) is 3. The second-order valence-electron chi connectivity index (χ2n) is 4.43. The average molecular weight is 211 g/mol. The van der Waals surface area contributed by atoms with E-state index >= 15 is 0 Å². The molecule has 1 aromatic rings. The van der Waals surface area contributed by atoms with Gasteiger partial charge < -0.3 is 15.0 Å². The molecular weight excluding hydrogens is 190 g/mol. The number of nitrogens with zero attached hydrogens (tertiary/aromatic N) is 2. The van der Waals surface area contributed by atoms with E-state index in [9.17, 15) is 0 Å². The smallest absolute Gasteiger partial charge is 0.0949 e. The first kappa shape index (κ1) is 12.2. The van der Waals surface area contributed by atoms with Crippen LogP contribution in [0.4, 0.5) is 0 Å². The molecule has 0 aliphatic carbocycles. The van der Waals surface area contributed by atoms with Crippen LogP contribution in [0.15, 0.2) is 12.5 Å². The summed E-state index contributed by atoms with van der Waals surface area (Å²) < 4.78 is 7.70. The second-order valence-corrected chi connectivity index (χ2v) is 4.43. The highest BCUT2D eigenvalue weighted by molar-refractivity contribution is 5.03. The van der Waals surface area contributed by atoms with Crippen molar-refractivity contribution in [2.24, 2.45) is 5.73 Å². The highest BCUT2D eigenvalue weighted by Crippen LogP contribution is 2.16. The van der Waals surface area contributed by atoms with Crippen LogP contribution >= 0.6 is 0 Å². The summed E-state index contributed by atoms with van der Waals surface area (Å²) in [4.78, 5) is 4.12. The van der Waals surface area contributed by atoms with Gasteiger partial charge in [-0.05, 0) is 27.7 Å². The lowest BCUT2D eigenvalue weighted by Gasteiger charge is -2.26. The van der Waals surface area contributed by atoms with Crippen LogP contribution in [0.2, 0.25) is 0 Å². The van der Waals surface area contributed by atoms with Crippen molar-refractivity contribution >= 4 is 0 Å². The third kappa shape index (κ3) is 3.32. The Labute approximate surface area is 91.4 Å². The maximum atomic E-state index is 5.85. The molecule has 0 spiro atoms. The van der Waals surface area contributed by atoms with Crippen LogP contribution in [0.3, 0.4) is 0 Å². The molecule has 0 fully saturated rings. The summed E-state index contributed by atoms with van der Waals surface area (Å²) >= 11 is 0. The topological polar surface area (TPSA) is 53.1 Å². The van der Waals surface area contributed by atoms with E-state index in [4.69, 9.17) is 10.5 Å². The maximum absolute atomic E-state index is 5.85. The van der Waals surface area contributed by atoms with Gasteiger partial charge in [-0.3, -0.25) is 0 Å². The van der Waals surface area contributed by atoms with Crippen LogP contribution in [0, 0.1) is 0 Å². The van der Waals surface area contributed by atoms with Crippen molar-refractivity contribution < 1.29 is 4.74 Å². The monoisotopic (exact) mass is 211 g/mol. The Balaban J connectivity index is 2.75. The second kappa shape index (κ2) is 4.77. The van der Waals surface area contributed by atoms with E-state index in [1.807, 2.05) is 20.0 Å². The van der Waals surface area contributed by atoms with E-state index in [-0.39, 0.29) is 11.6 Å². The van der Waals surface area contributed by atoms with Crippen LogP contribution in [0.1, 0.15) is 39.4 Å². The van der Waals surface area contributed by atoms with Gasteiger partial charge in [0, 0.05) is 18.8 Å². The number of imidazole rings is 1. The summed E-state index contributed by atoms with van der Waals surface area (Å²) in [5.41, 5.74) is 6.71. The first-order valence-electron chi connectivity index (χ1n) is 5.36. The van der Waals surface area contributed by atoms with Gasteiger partial charge in [0.15, 0.2) is 0 Å². The van der Waals surface area contributed by atoms with Crippen LogP contribution < -0.4 is 5.73 Å². The number of aromatic nitrogens is 2. The molecular formula is C11H21N3O. The first-order valence-corrected chi connectivity index (χ1v) is 5.36. The molecule has 0 radical (unpaired) electrons. The lowest BCUT2D eigenvalue weighted by Crippen LogP contribution is -2.31. The standard InChI is InChI=1S/C11H21N3O/c1-5-15-11(3,4)7-14-8-13-6-10(14)9(2)12/h6,8-9H,5,7,12H2,1-4H3/t9-/m1/s1. The Morgan fingerprint density at radius 2 is 2.27 bits per heavy atom. The Morgan fingerprint density at radius 3 is 2.80 bits per heavy atom. The molecule has 1 heterocycles. The zero-order chi connectivity index (χ0) is 11.5. The highest BCUT2D eigenvalue weighted by atomic mass is 16.5. The molecule has 0 saturated heterocycles. The van der Waals surface area contributed by atoms with E-state index in [0.717, 1.165) is 18.8 Å². The molecule has 1 rings (SSSR count). The third-order valence-electron chi connectivity index (χ3n) is 2.30. The van der Waals surface area contributed by atoms with Crippen molar-refractivity contribution in [3.63, 3.8) is 0 Å². The number of rotatable bonds is 5. The molecule has 4 heteroatoms. The van der Waals surface area contributed by atoms with E-state index in [1.54, 1.807) is 6.33 Å². The summed E-state index contributed by atoms with van der Waals surface area (Å²) in [5.74, 6) is 0. The van der Waals surface area contributed by atoms with Gasteiger partial charge in [0.25, 0.3) is 0 Å². The predicted octanol–water partition coefficient (Wildman–Crippen LogP) is 1.72. The number of ether oxygens (including phenoxy) is 1. The molecule has 0 amide bonds. The summed E-state index contributed by atoms with van der Waals surface area (Å²) in [6.07, 6.45) is 3.62. The van der Waals surface area contributed by atoms with Crippen LogP contribution in [0.25, 0.3) is 0 Å². The summed E-state index contributed by atoms with van der Waals surface area (Å²) in [5, 5.41) is 0. The van der Waals surface area contributed by atoms with E-state index < -0.39 is 0 Å². The van der Waals surface area contributed by atoms with Gasteiger partial charge in [-0.1, -0.05) is 0 Å². The van der Waals surface area contributed by atoms with Gasteiger partial charge in [0.2, 0.25) is 0 Å². The van der Waals surface area contributed by atoms with Crippen LogP contribution in [-0.2, 0) is 11.3 Å². The highest BCUT2D eigenvalue weighted by Gasteiger charge is 2.20. The normalized spacial score (nSPS) is 14.2. The Bertz CT molecular complexity index is 305. The SMILES string of the molecule is CCOC(C)(C)Cn1cncc1[C@@H](C)N. The molecule has 1 aromatic heterocycles. The third-order valence-corrected chi connectivity index (χ3v) is 2.30. The summed E-state index contributed by atoms with van der Waals surface area (Å²) in [7, 11) is 0. The van der Waals surface area contributed by atoms with Crippen molar-refractivity contribution in [3.8, 4) is 0 Å². The summed E-state index contributed by atoms with van der Waals surface area (Å²) in [6.45, 7) is 9.60. The minimum absolute atomic E-state index is 0.00456. The van der Waals surface area contributed by atoms with Crippen molar-refractivity contribution in [2.45, 2.75) is 45.9 Å². The van der Waals surface area contributed by atoms with Gasteiger partial charge in [0.05, 0.1) is 24.2 Å². The lowest BCUT2D eigenvalue weighted by molar-refractivity contribution is -0.0229. The van der Waals surface area contributed by atoms with Crippen molar-refractivity contribution in [3.05, 3.63) is 18.2 Å². The van der Waals surface area contributed by atoms with Gasteiger partial charge in [-0.25, -0.2) is 4.98 Å². The molecule has 2 N–H and O–H groups in total. The molecule has 0 aliphatic heterocycles. The molecule has 0 unspecified atom stereocenters. The number of nitrogens with two attached hydrogens (primary N) is 1. The van der Waals surface area contributed by atoms with Crippen LogP contribution in [0.5, 0.6) is 0 Å². The predicted molar refractivity (Wildman–Crippen MR) is 60.5 cm³/mol. The van der Waals surface area contributed by atoms with E-state index in [1.165, 1.54) is 0 Å². The Hall–Kier alpha value is -0.870. The van der Waals surface area contributed by atoms with E-state index in [0.29, 0.717) is 0 Å². The molecule has 0 aliphatic rings. The molecule has 0 saturated carbocycles. The fourth-order valence-electron chi connectivity index (χ4n) is 1.69. The van der Waals surface area contributed by atoms with Gasteiger partial charge in [-0.2, -0.15) is 0 Å². The summed E-state index contributed by atoms with van der Waals surface area (Å²) in [6, 6.07) is 0.00456. The maximum Gasteiger partial charge on any atom is 0.0949 e. The van der Waals surface area contributed by atoms with Gasteiger partial charge in [-0.15, -0.1) is 0 Å². The number of hydrogen-bond donors (Lipinski definition) is 1. The molecule has 0 bridgehead atoms. The van der Waals surface area contributed by atoms with Crippen molar-refractivity contribution in [1.82, 2.24) is 9.55 Å². The van der Waals surface area contributed by atoms with Gasteiger partial charge in [0.1, 0.15) is 0 Å². The molecule has 15 heavy (non-hydrogen) atoms. The Kier molecular flexibility index (Phi) is 3.88. The fraction of sp³-hybridized carbons (Fsp3) is 0.727.